The molecule has 2 heterocycles. The highest BCUT2D eigenvalue weighted by Gasteiger charge is 2.42. The number of methoxy groups -OCH3 is 1. The molecular weight excluding hydrogens is 849 g/mol. The largest absolute Gasteiger partial charge is 0.469 e. The maximum Gasteiger partial charge on any atom is 0.343 e. The van der Waals surface area contributed by atoms with E-state index in [1.165, 1.54) is 26.3 Å². The number of carbonyl (C=O) groups excluding carboxylic acids is 6. The molecule has 6 N–H and O–H groups in total. The molecule has 2 fully saturated rings. The lowest BCUT2D eigenvalue weighted by Crippen LogP contribution is -2.48. The zero-order chi connectivity index (χ0) is 45.0. The number of benzene rings is 2. The minimum Gasteiger partial charge on any atom is -0.469 e. The van der Waals surface area contributed by atoms with Gasteiger partial charge in [0.1, 0.15) is 6.04 Å². The van der Waals surface area contributed by atoms with Crippen molar-refractivity contribution in [3.05, 3.63) is 58.7 Å². The van der Waals surface area contributed by atoms with Crippen LogP contribution in [0.1, 0.15) is 65.7 Å². The molecule has 5 amide bonds. The molecule has 0 bridgehead atoms. The molecule has 0 spiro atoms. The lowest BCUT2D eigenvalue weighted by Gasteiger charge is -2.18. The molecule has 2 saturated heterocycles. The van der Waals surface area contributed by atoms with Gasteiger partial charge in [-0.25, -0.2) is 18.4 Å². The second kappa shape index (κ2) is 25.7. The van der Waals surface area contributed by atoms with Crippen LogP contribution in [0, 0.1) is 23.3 Å². The summed E-state index contributed by atoms with van der Waals surface area (Å²) >= 11 is 1.80. The molecule has 0 aliphatic carbocycles. The van der Waals surface area contributed by atoms with Crippen molar-refractivity contribution in [2.24, 2.45) is 0 Å². The molecule has 22 heteroatoms. The van der Waals surface area contributed by atoms with Crippen molar-refractivity contribution < 1.29 is 70.0 Å². The summed E-state index contributed by atoms with van der Waals surface area (Å²) in [5.74, 6) is -11.4. The number of urea groups is 1. The van der Waals surface area contributed by atoms with Crippen LogP contribution in [0.2, 0.25) is 0 Å². The molecule has 2 aliphatic heterocycles. The van der Waals surface area contributed by atoms with Crippen molar-refractivity contribution in [1.29, 1.82) is 0 Å². The predicted octanol–water partition coefficient (Wildman–Crippen LogP) is 2.95. The third kappa shape index (κ3) is 15.6. The van der Waals surface area contributed by atoms with E-state index in [2.05, 4.69) is 36.6 Å². The van der Waals surface area contributed by atoms with Crippen LogP contribution < -0.4 is 36.6 Å². The van der Waals surface area contributed by atoms with E-state index in [4.69, 9.17) is 18.9 Å². The topological polar surface area (TPSA) is 221 Å². The first-order valence-electron chi connectivity index (χ1n) is 20.0. The minimum atomic E-state index is -1.89. The summed E-state index contributed by atoms with van der Waals surface area (Å²) < 4.78 is 80.9. The van der Waals surface area contributed by atoms with Crippen molar-refractivity contribution in [2.75, 3.05) is 78.0 Å². The van der Waals surface area contributed by atoms with Gasteiger partial charge in [-0.15, -0.1) is 0 Å². The Morgan fingerprint density at radius 1 is 0.806 bits per heavy atom. The molecule has 2 aromatic carbocycles. The normalized spacial score (nSPS) is 17.0. The number of anilines is 1. The van der Waals surface area contributed by atoms with Gasteiger partial charge in [0, 0.05) is 68.1 Å². The molecule has 4 atom stereocenters. The van der Waals surface area contributed by atoms with E-state index in [1.54, 1.807) is 11.8 Å². The summed E-state index contributed by atoms with van der Waals surface area (Å²) in [7, 11) is 2.70. The first-order chi connectivity index (χ1) is 29.8. The predicted molar refractivity (Wildman–Crippen MR) is 217 cm³/mol. The number of unbranched alkanes of at least 4 members (excludes halogenated alkanes) is 1. The minimum absolute atomic E-state index is 0.00222. The summed E-state index contributed by atoms with van der Waals surface area (Å²) in [6, 6.07) is 2.71. The van der Waals surface area contributed by atoms with E-state index < -0.39 is 58.8 Å². The fourth-order valence-electron chi connectivity index (χ4n) is 6.34. The van der Waals surface area contributed by atoms with E-state index >= 15 is 0 Å². The molecule has 4 rings (SSSR count). The summed E-state index contributed by atoms with van der Waals surface area (Å²) in [5.41, 5.74) is -0.0431. The Balaban J connectivity index is 1.01. The van der Waals surface area contributed by atoms with Crippen molar-refractivity contribution in [2.45, 2.75) is 68.3 Å². The van der Waals surface area contributed by atoms with Gasteiger partial charge in [-0.3, -0.25) is 19.2 Å². The SMILES string of the molecule is CNc1cc(C(=O)NCCCOCCOCCOCCCNC(=O)C(CC(=O)OC)NC(=O)CCCCC2SCC3NC(=O)NC32)cc(C(=O)Oc2c(F)c(F)cc(F)c2F)c1. The van der Waals surface area contributed by atoms with Gasteiger partial charge < -0.3 is 55.6 Å². The van der Waals surface area contributed by atoms with Crippen LogP contribution in [0.3, 0.4) is 0 Å². The van der Waals surface area contributed by atoms with Gasteiger partial charge in [-0.05, 0) is 43.9 Å². The van der Waals surface area contributed by atoms with E-state index in [9.17, 15) is 46.3 Å². The first kappa shape index (κ1) is 49.5. The van der Waals surface area contributed by atoms with E-state index in [0.29, 0.717) is 32.5 Å². The van der Waals surface area contributed by atoms with Crippen LogP contribution in [-0.4, -0.2) is 132 Å². The molecule has 2 aromatic rings. The molecule has 342 valence electrons. The molecule has 62 heavy (non-hydrogen) atoms. The van der Waals surface area contributed by atoms with Gasteiger partial charge in [0.25, 0.3) is 5.91 Å². The number of halogens is 4. The average Bonchev–Trinajstić information content (AvgIpc) is 3.82. The van der Waals surface area contributed by atoms with E-state index in [0.717, 1.165) is 24.7 Å². The highest BCUT2D eigenvalue weighted by Crippen LogP contribution is 2.33. The Labute approximate surface area is 359 Å². The number of nitrogens with one attached hydrogen (secondary N) is 6. The Morgan fingerprint density at radius 2 is 1.44 bits per heavy atom. The molecular formula is C40H52F4N6O11S. The number of rotatable bonds is 27. The Morgan fingerprint density at radius 3 is 2.08 bits per heavy atom. The molecule has 0 aromatic heterocycles. The first-order valence-corrected chi connectivity index (χ1v) is 21.1. The Bertz CT molecular complexity index is 1860. The van der Waals surface area contributed by atoms with Crippen molar-refractivity contribution >= 4 is 53.1 Å². The number of hydrogen-bond donors (Lipinski definition) is 6. The van der Waals surface area contributed by atoms with Gasteiger partial charge in [0.15, 0.2) is 11.6 Å². The average molecular weight is 901 g/mol. The van der Waals surface area contributed by atoms with Crippen LogP contribution >= 0.6 is 11.8 Å². The molecule has 0 saturated carbocycles. The second-order valence-corrected chi connectivity index (χ2v) is 15.4. The van der Waals surface area contributed by atoms with Gasteiger partial charge in [0.2, 0.25) is 29.2 Å². The fraction of sp³-hybridized carbons (Fsp3) is 0.550. The van der Waals surface area contributed by atoms with E-state index in [1.807, 2.05) is 0 Å². The standard InChI is InChI=1S/C40H52F4N6O11S/c1-45-25-18-23(17-24(19-25)39(55)61-36-33(43)26(41)20-27(42)34(36)44)37(53)46-9-5-11-58-13-15-60-16-14-59-12-6-10-47-38(54)28(21-32(52)57-2)48-31(51)8-4-3-7-30-35-29(22-62-30)49-40(56)50-35/h17-20,28-30,35,45H,3-16,21-22H2,1-2H3,(H,46,53)(H,47,54)(H,48,51)(H2,49,50,56). The quantitative estimate of drug-likeness (QED) is 0.0190. The Kier molecular flexibility index (Phi) is 20.5. The second-order valence-electron chi connectivity index (χ2n) is 14.1. The lowest BCUT2D eigenvalue weighted by molar-refractivity contribution is -0.143. The highest BCUT2D eigenvalue weighted by atomic mass is 32.2. The maximum atomic E-state index is 14.0. The summed E-state index contributed by atoms with van der Waals surface area (Å²) in [4.78, 5) is 74.3. The lowest BCUT2D eigenvalue weighted by atomic mass is 10.0. The van der Waals surface area contributed by atoms with Crippen LogP contribution in [0.25, 0.3) is 0 Å². The van der Waals surface area contributed by atoms with Crippen LogP contribution in [0.15, 0.2) is 24.3 Å². The van der Waals surface area contributed by atoms with Crippen LogP contribution in [-0.2, 0) is 33.3 Å². The van der Waals surface area contributed by atoms with Gasteiger partial charge in [-0.2, -0.15) is 20.5 Å². The number of thioether (sulfide) groups is 1. The number of fused-ring (bicyclic) bond motifs is 1. The third-order valence-corrected chi connectivity index (χ3v) is 11.1. The molecule has 17 nitrogen and oxygen atoms in total. The van der Waals surface area contributed by atoms with Crippen molar-refractivity contribution in [1.82, 2.24) is 26.6 Å². The van der Waals surface area contributed by atoms with Crippen LogP contribution in [0.5, 0.6) is 5.75 Å². The summed E-state index contributed by atoms with van der Waals surface area (Å²) in [6.07, 6.45) is 2.99. The van der Waals surface area contributed by atoms with Crippen molar-refractivity contribution in [3.8, 4) is 5.75 Å². The zero-order valence-corrected chi connectivity index (χ0v) is 35.2. The number of esters is 2. The number of ether oxygens (including phenoxy) is 5. The highest BCUT2D eigenvalue weighted by molar-refractivity contribution is 8.00. The molecule has 2 aliphatic rings. The number of carbonyl (C=O) groups is 6. The van der Waals surface area contributed by atoms with Gasteiger partial charge in [-0.1, -0.05) is 6.42 Å². The fourth-order valence-corrected chi connectivity index (χ4v) is 7.89. The van der Waals surface area contributed by atoms with Gasteiger partial charge in [0.05, 0.1) is 57.6 Å². The van der Waals surface area contributed by atoms with Crippen LogP contribution in [0.4, 0.5) is 28.0 Å². The van der Waals surface area contributed by atoms with Crippen molar-refractivity contribution in [3.63, 3.8) is 0 Å². The summed E-state index contributed by atoms with van der Waals surface area (Å²) in [6.45, 7) is 2.18. The van der Waals surface area contributed by atoms with E-state index in [-0.39, 0.29) is 105 Å². The molecule has 0 radical (unpaired) electrons. The Hall–Kier alpha value is -5.19. The molecule has 4 unspecified atom stereocenters. The number of hydrogen-bond acceptors (Lipinski definition) is 13. The maximum absolute atomic E-state index is 14.0. The number of amides is 5. The monoisotopic (exact) mass is 900 g/mol. The van der Waals surface area contributed by atoms with Gasteiger partial charge >= 0.3 is 18.0 Å². The summed E-state index contributed by atoms with van der Waals surface area (Å²) in [5, 5.41) is 16.9. The smallest absolute Gasteiger partial charge is 0.343 e. The zero-order valence-electron chi connectivity index (χ0n) is 34.3. The third-order valence-electron chi connectivity index (χ3n) is 9.58.